The molecular weight excluding hydrogens is 503 g/mol. The first-order chi connectivity index (χ1) is 17.4. The van der Waals surface area contributed by atoms with Gasteiger partial charge in [0.2, 0.25) is 0 Å². The number of carbonyl (C=O) groups is 2. The summed E-state index contributed by atoms with van der Waals surface area (Å²) in [6.45, 7) is 2.54. The summed E-state index contributed by atoms with van der Waals surface area (Å²) in [5.41, 5.74) is 1.31. The molecule has 1 aliphatic rings. The number of ether oxygens (including phenoxy) is 1. The average Bonchev–Trinajstić information content (AvgIpc) is 3.40. The van der Waals surface area contributed by atoms with Gasteiger partial charge in [-0.15, -0.1) is 0 Å². The van der Waals surface area contributed by atoms with Gasteiger partial charge in [-0.2, -0.15) is 0 Å². The van der Waals surface area contributed by atoms with Crippen LogP contribution in [0.25, 0.3) is 16.0 Å². The van der Waals surface area contributed by atoms with E-state index in [1.807, 2.05) is 6.92 Å². The summed E-state index contributed by atoms with van der Waals surface area (Å²) in [6, 6.07) is 16.2. The van der Waals surface area contributed by atoms with Crippen molar-refractivity contribution in [1.29, 1.82) is 0 Å². The van der Waals surface area contributed by atoms with E-state index in [1.54, 1.807) is 42.5 Å². The molecule has 1 amide bonds. The quantitative estimate of drug-likeness (QED) is 0.177. The van der Waals surface area contributed by atoms with Gasteiger partial charge < -0.3 is 9.84 Å². The molecule has 0 bridgehead atoms. The fourth-order valence-corrected chi connectivity index (χ4v) is 5.33. The zero-order chi connectivity index (χ0) is 25.4. The van der Waals surface area contributed by atoms with Crippen molar-refractivity contribution in [2.45, 2.75) is 19.4 Å². The van der Waals surface area contributed by atoms with E-state index < -0.39 is 23.5 Å². The number of nitrogens with zero attached hydrogens (tertiary/aromatic N) is 2. The number of aliphatic hydroxyl groups excluding tert-OH is 1. The Morgan fingerprint density at radius 1 is 1.11 bits per heavy atom. The molecule has 0 saturated carbocycles. The predicted octanol–water partition coefficient (Wildman–Crippen LogP) is 6.50. The second-order valence-corrected chi connectivity index (χ2v) is 9.65. The minimum Gasteiger partial charge on any atom is -0.507 e. The predicted molar refractivity (Wildman–Crippen MR) is 138 cm³/mol. The van der Waals surface area contributed by atoms with E-state index in [0.717, 1.165) is 11.1 Å². The average molecular weight is 523 g/mol. The van der Waals surface area contributed by atoms with Gasteiger partial charge >= 0.3 is 5.91 Å². The highest BCUT2D eigenvalue weighted by atomic mass is 35.5. The first kappa shape index (κ1) is 24.0. The van der Waals surface area contributed by atoms with E-state index in [0.29, 0.717) is 34.0 Å². The Morgan fingerprint density at radius 2 is 1.83 bits per heavy atom. The van der Waals surface area contributed by atoms with E-state index in [1.165, 1.54) is 40.5 Å². The normalized spacial score (nSPS) is 17.2. The van der Waals surface area contributed by atoms with Crippen molar-refractivity contribution in [1.82, 2.24) is 4.98 Å². The van der Waals surface area contributed by atoms with Crippen molar-refractivity contribution in [3.63, 3.8) is 0 Å². The Balaban J connectivity index is 1.65. The molecule has 1 fully saturated rings. The molecule has 36 heavy (non-hydrogen) atoms. The lowest BCUT2D eigenvalue weighted by molar-refractivity contribution is -0.132. The number of Topliss-reactive ketones (excluding diaryl/α,β-unsaturated/α-hetero) is 1. The molecule has 1 atom stereocenters. The van der Waals surface area contributed by atoms with Crippen molar-refractivity contribution in [2.75, 3.05) is 11.5 Å². The zero-order valence-corrected chi connectivity index (χ0v) is 20.6. The fraction of sp³-hybridized carbons (Fsp3) is 0.148. The van der Waals surface area contributed by atoms with Crippen LogP contribution >= 0.6 is 22.9 Å². The summed E-state index contributed by atoms with van der Waals surface area (Å²) < 4.78 is 20.1. The molecule has 1 N–H and O–H groups in total. The topological polar surface area (TPSA) is 79.7 Å². The van der Waals surface area contributed by atoms with Crippen molar-refractivity contribution in [3.8, 4) is 5.75 Å². The Labute approximate surface area is 215 Å². The van der Waals surface area contributed by atoms with Crippen molar-refractivity contribution in [3.05, 3.63) is 94.3 Å². The Kier molecular flexibility index (Phi) is 6.47. The van der Waals surface area contributed by atoms with Crippen LogP contribution in [0.2, 0.25) is 5.02 Å². The third-order valence-corrected chi connectivity index (χ3v) is 7.03. The summed E-state index contributed by atoms with van der Waals surface area (Å²) in [7, 11) is 0. The minimum atomic E-state index is -1.00. The van der Waals surface area contributed by atoms with Gasteiger partial charge in [0.15, 0.2) is 5.13 Å². The summed E-state index contributed by atoms with van der Waals surface area (Å²) >= 11 is 7.31. The number of rotatable bonds is 6. The molecule has 0 radical (unpaired) electrons. The molecule has 1 aliphatic heterocycles. The van der Waals surface area contributed by atoms with E-state index in [-0.39, 0.29) is 16.5 Å². The minimum absolute atomic E-state index is 0.105. The van der Waals surface area contributed by atoms with Gasteiger partial charge in [0.25, 0.3) is 5.78 Å². The van der Waals surface area contributed by atoms with Crippen molar-refractivity contribution < 1.29 is 23.8 Å². The maximum absolute atomic E-state index is 13.7. The molecule has 5 rings (SSSR count). The summed E-state index contributed by atoms with van der Waals surface area (Å²) in [6.07, 6.45) is 0.848. The Bertz CT molecular complexity index is 1500. The summed E-state index contributed by atoms with van der Waals surface area (Å²) in [4.78, 5) is 32.4. The number of halogens is 2. The van der Waals surface area contributed by atoms with Gasteiger partial charge in [0, 0.05) is 10.6 Å². The third kappa shape index (κ3) is 4.34. The van der Waals surface area contributed by atoms with Crippen LogP contribution in [-0.2, 0) is 9.59 Å². The molecule has 4 aromatic rings. The number of ketones is 1. The number of benzene rings is 3. The number of thiazole rings is 1. The largest absolute Gasteiger partial charge is 0.507 e. The fourth-order valence-electron chi connectivity index (χ4n) is 4.06. The number of hydrogen-bond donors (Lipinski definition) is 1. The van der Waals surface area contributed by atoms with Crippen molar-refractivity contribution in [2.24, 2.45) is 0 Å². The van der Waals surface area contributed by atoms with Crippen molar-refractivity contribution >= 4 is 55.7 Å². The number of amides is 1. The molecule has 182 valence electrons. The van der Waals surface area contributed by atoms with Crippen LogP contribution in [0.5, 0.6) is 5.75 Å². The van der Waals surface area contributed by atoms with Crippen LogP contribution in [0.4, 0.5) is 9.52 Å². The SMILES string of the molecule is CCCOc1ccc(C(O)=C2C(=O)C(=O)N(c3nc4ccc(Cl)cc4s3)C2c2ccc(F)cc2)cc1. The second-order valence-electron chi connectivity index (χ2n) is 8.20. The molecule has 0 aliphatic carbocycles. The van der Waals surface area contributed by atoms with Crippen LogP contribution < -0.4 is 9.64 Å². The monoisotopic (exact) mass is 522 g/mol. The van der Waals surface area contributed by atoms with Crippen LogP contribution in [0.1, 0.15) is 30.5 Å². The first-order valence-electron chi connectivity index (χ1n) is 11.2. The first-order valence-corrected chi connectivity index (χ1v) is 12.4. The lowest BCUT2D eigenvalue weighted by atomic mass is 9.95. The Morgan fingerprint density at radius 3 is 2.53 bits per heavy atom. The maximum atomic E-state index is 13.7. The molecule has 6 nitrogen and oxygen atoms in total. The number of aliphatic hydroxyl groups is 1. The number of anilines is 1. The molecular formula is C27H20ClFN2O4S. The smallest absolute Gasteiger partial charge is 0.301 e. The zero-order valence-electron chi connectivity index (χ0n) is 19.1. The summed E-state index contributed by atoms with van der Waals surface area (Å²) in [5.74, 6) is -1.87. The number of aromatic nitrogens is 1. The molecule has 2 heterocycles. The van der Waals surface area contributed by atoms with E-state index in [9.17, 15) is 19.1 Å². The highest BCUT2D eigenvalue weighted by Gasteiger charge is 2.48. The molecule has 1 aromatic heterocycles. The lowest BCUT2D eigenvalue weighted by Gasteiger charge is -2.23. The van der Waals surface area contributed by atoms with Gasteiger partial charge in [-0.3, -0.25) is 14.5 Å². The highest BCUT2D eigenvalue weighted by Crippen LogP contribution is 2.44. The van der Waals surface area contributed by atoms with Gasteiger partial charge in [0.05, 0.1) is 28.4 Å². The van der Waals surface area contributed by atoms with Crippen LogP contribution in [0.15, 0.2) is 72.3 Å². The number of hydrogen-bond acceptors (Lipinski definition) is 6. The third-order valence-electron chi connectivity index (χ3n) is 5.78. The number of carbonyl (C=O) groups excluding carboxylic acids is 2. The van der Waals surface area contributed by atoms with E-state index in [4.69, 9.17) is 16.3 Å². The second kappa shape index (κ2) is 9.72. The van der Waals surface area contributed by atoms with Gasteiger partial charge in [-0.05, 0) is 66.6 Å². The van der Waals surface area contributed by atoms with E-state index in [2.05, 4.69) is 4.98 Å². The van der Waals surface area contributed by atoms with Gasteiger partial charge in [0.1, 0.15) is 17.3 Å². The molecule has 1 unspecified atom stereocenters. The molecule has 9 heteroatoms. The van der Waals surface area contributed by atoms with Gasteiger partial charge in [-0.1, -0.05) is 42.0 Å². The van der Waals surface area contributed by atoms with E-state index >= 15 is 0 Å². The van der Waals surface area contributed by atoms with Crippen LogP contribution in [0.3, 0.4) is 0 Å². The molecule has 1 saturated heterocycles. The number of fused-ring (bicyclic) bond motifs is 1. The maximum Gasteiger partial charge on any atom is 0.301 e. The highest BCUT2D eigenvalue weighted by molar-refractivity contribution is 7.22. The molecule has 3 aromatic carbocycles. The van der Waals surface area contributed by atoms with Gasteiger partial charge in [-0.25, -0.2) is 9.37 Å². The van der Waals surface area contributed by atoms with Crippen LogP contribution in [0, 0.1) is 5.82 Å². The lowest BCUT2D eigenvalue weighted by Crippen LogP contribution is -2.29. The molecule has 0 spiro atoms. The Hall–Kier alpha value is -3.75. The standard InChI is InChI=1S/C27H20ClFN2O4S/c1-2-13-35-19-10-5-16(6-11-19)24(32)22-23(15-3-8-18(29)9-4-15)31(26(34)25(22)33)27-30-20-12-7-17(28)14-21(20)36-27/h3-12,14,23,32H,2,13H2,1H3. The van der Waals surface area contributed by atoms with Crippen LogP contribution in [-0.4, -0.2) is 28.4 Å². The summed E-state index contributed by atoms with van der Waals surface area (Å²) in [5, 5.41) is 12.0.